The number of aromatic amines is 1. The van der Waals surface area contributed by atoms with Crippen LogP contribution in [-0.4, -0.2) is 46.2 Å². The van der Waals surface area contributed by atoms with Crippen LogP contribution in [0.3, 0.4) is 0 Å². The molecule has 0 amide bonds. The van der Waals surface area contributed by atoms with E-state index >= 15 is 0 Å². The Bertz CT molecular complexity index is 374. The van der Waals surface area contributed by atoms with Gasteiger partial charge in [0.05, 0.1) is 0 Å². The third-order valence-electron chi connectivity index (χ3n) is 2.75. The number of aromatic nitrogens is 2. The predicted molar refractivity (Wildman–Crippen MR) is 59.4 cm³/mol. The SMILES string of the molecule is CN(CCNc1cn[nH]c1[N+](=O)[O-])C1CC1. The topological polar surface area (TPSA) is 87.1 Å². The maximum absolute atomic E-state index is 10.6. The predicted octanol–water partition coefficient (Wildman–Crippen LogP) is 0.824. The largest absolute Gasteiger partial charge is 0.376 e. The van der Waals surface area contributed by atoms with Crippen molar-refractivity contribution < 1.29 is 4.92 Å². The molecule has 1 aliphatic carbocycles. The summed E-state index contributed by atoms with van der Waals surface area (Å²) in [5.41, 5.74) is 0.453. The Morgan fingerprint density at radius 1 is 1.75 bits per heavy atom. The van der Waals surface area contributed by atoms with Crippen LogP contribution in [-0.2, 0) is 0 Å². The summed E-state index contributed by atoms with van der Waals surface area (Å²) in [5.74, 6) is -0.0749. The van der Waals surface area contributed by atoms with Gasteiger partial charge in [0.25, 0.3) is 0 Å². The second-order valence-electron chi connectivity index (χ2n) is 4.03. The maximum atomic E-state index is 10.6. The summed E-state index contributed by atoms with van der Waals surface area (Å²) in [7, 11) is 2.07. The normalized spacial score (nSPS) is 15.4. The van der Waals surface area contributed by atoms with E-state index in [2.05, 4.69) is 27.5 Å². The van der Waals surface area contributed by atoms with Crippen molar-refractivity contribution >= 4 is 11.5 Å². The molecule has 88 valence electrons. The molecule has 1 aromatic heterocycles. The lowest BCUT2D eigenvalue weighted by Gasteiger charge is -2.15. The number of hydrogen-bond acceptors (Lipinski definition) is 5. The van der Waals surface area contributed by atoms with E-state index in [1.54, 1.807) is 0 Å². The van der Waals surface area contributed by atoms with Crippen molar-refractivity contribution in [3.8, 4) is 0 Å². The number of nitro groups is 1. The molecular formula is C9H15N5O2. The van der Waals surface area contributed by atoms with Crippen molar-refractivity contribution in [2.45, 2.75) is 18.9 Å². The van der Waals surface area contributed by atoms with Gasteiger partial charge in [-0.2, -0.15) is 0 Å². The van der Waals surface area contributed by atoms with Crippen LogP contribution in [0, 0.1) is 10.1 Å². The molecule has 1 heterocycles. The molecule has 1 aliphatic rings. The molecule has 1 fully saturated rings. The van der Waals surface area contributed by atoms with Gasteiger partial charge in [0.2, 0.25) is 0 Å². The number of nitrogens with zero attached hydrogens (tertiary/aromatic N) is 3. The molecule has 7 heteroatoms. The first-order valence-corrected chi connectivity index (χ1v) is 5.30. The Morgan fingerprint density at radius 3 is 3.12 bits per heavy atom. The Hall–Kier alpha value is -1.63. The quantitative estimate of drug-likeness (QED) is 0.553. The van der Waals surface area contributed by atoms with Gasteiger partial charge < -0.3 is 20.3 Å². The van der Waals surface area contributed by atoms with Crippen molar-refractivity contribution in [2.24, 2.45) is 0 Å². The van der Waals surface area contributed by atoms with E-state index in [4.69, 9.17) is 0 Å². The van der Waals surface area contributed by atoms with Gasteiger partial charge in [0.15, 0.2) is 5.69 Å². The lowest BCUT2D eigenvalue weighted by molar-refractivity contribution is -0.388. The van der Waals surface area contributed by atoms with Gasteiger partial charge in [-0.3, -0.25) is 0 Å². The van der Waals surface area contributed by atoms with Gasteiger partial charge in [0.1, 0.15) is 6.20 Å². The Kier molecular flexibility index (Phi) is 3.04. The number of nitrogens with one attached hydrogen (secondary N) is 2. The van der Waals surface area contributed by atoms with E-state index < -0.39 is 4.92 Å². The summed E-state index contributed by atoms with van der Waals surface area (Å²) in [6, 6.07) is 0.709. The minimum Gasteiger partial charge on any atom is -0.376 e. The van der Waals surface area contributed by atoms with Crippen molar-refractivity contribution in [1.82, 2.24) is 15.1 Å². The van der Waals surface area contributed by atoms with Crippen molar-refractivity contribution in [3.05, 3.63) is 16.3 Å². The monoisotopic (exact) mass is 225 g/mol. The summed E-state index contributed by atoms with van der Waals surface area (Å²) in [4.78, 5) is 12.4. The summed E-state index contributed by atoms with van der Waals surface area (Å²) in [6.07, 6.45) is 3.97. The number of likely N-dealkylation sites (N-methyl/N-ethyl adjacent to an activating group) is 1. The zero-order valence-electron chi connectivity index (χ0n) is 9.14. The highest BCUT2D eigenvalue weighted by molar-refractivity contribution is 5.55. The fourth-order valence-corrected chi connectivity index (χ4v) is 1.61. The number of rotatable bonds is 6. The van der Waals surface area contributed by atoms with Crippen LogP contribution in [0.2, 0.25) is 0 Å². The zero-order chi connectivity index (χ0) is 11.5. The average molecular weight is 225 g/mol. The lowest BCUT2D eigenvalue weighted by Crippen LogP contribution is -2.27. The molecule has 0 aromatic carbocycles. The van der Waals surface area contributed by atoms with Gasteiger partial charge >= 0.3 is 5.82 Å². The van der Waals surface area contributed by atoms with Gasteiger partial charge in [-0.15, -0.1) is 5.10 Å². The molecule has 0 atom stereocenters. The minimum absolute atomic E-state index is 0.0749. The van der Waals surface area contributed by atoms with Crippen molar-refractivity contribution in [2.75, 3.05) is 25.5 Å². The summed E-state index contributed by atoms with van der Waals surface area (Å²) in [6.45, 7) is 1.57. The van der Waals surface area contributed by atoms with E-state index in [9.17, 15) is 10.1 Å². The molecule has 0 radical (unpaired) electrons. The van der Waals surface area contributed by atoms with Gasteiger partial charge in [-0.1, -0.05) is 5.10 Å². The molecule has 0 unspecified atom stereocenters. The number of hydrogen-bond donors (Lipinski definition) is 2. The standard InChI is InChI=1S/C9H15N5O2/c1-13(7-2-3-7)5-4-10-8-6-11-12-9(8)14(15)16/h6-7,10H,2-5H2,1H3,(H,11,12). The van der Waals surface area contributed by atoms with E-state index in [1.807, 2.05) is 0 Å². The van der Waals surface area contributed by atoms with Crippen LogP contribution >= 0.6 is 0 Å². The molecule has 2 N–H and O–H groups in total. The Balaban J connectivity index is 1.80. The first-order chi connectivity index (χ1) is 7.68. The molecule has 1 saturated carbocycles. The molecule has 2 rings (SSSR count). The minimum atomic E-state index is -0.472. The third kappa shape index (κ3) is 2.48. The smallest absolute Gasteiger partial charge is 0.366 e. The number of anilines is 1. The van der Waals surface area contributed by atoms with Gasteiger partial charge in [-0.05, 0) is 24.8 Å². The Labute approximate surface area is 93.0 Å². The number of H-pyrrole nitrogens is 1. The summed E-state index contributed by atoms with van der Waals surface area (Å²) < 4.78 is 0. The fraction of sp³-hybridized carbons (Fsp3) is 0.667. The van der Waals surface area contributed by atoms with E-state index in [0.717, 1.165) is 6.54 Å². The van der Waals surface area contributed by atoms with Crippen molar-refractivity contribution in [1.29, 1.82) is 0 Å². The average Bonchev–Trinajstić information content (AvgIpc) is 2.98. The third-order valence-corrected chi connectivity index (χ3v) is 2.75. The zero-order valence-corrected chi connectivity index (χ0v) is 9.14. The molecule has 16 heavy (non-hydrogen) atoms. The van der Waals surface area contributed by atoms with Crippen LogP contribution in [0.4, 0.5) is 11.5 Å². The first kappa shape index (κ1) is 10.9. The van der Waals surface area contributed by atoms with Gasteiger partial charge in [0, 0.05) is 19.1 Å². The summed E-state index contributed by atoms with van der Waals surface area (Å²) in [5, 5.41) is 19.6. The van der Waals surface area contributed by atoms with Crippen molar-refractivity contribution in [3.63, 3.8) is 0 Å². The van der Waals surface area contributed by atoms with Crippen LogP contribution < -0.4 is 5.32 Å². The second kappa shape index (κ2) is 4.48. The molecule has 0 saturated heterocycles. The summed E-state index contributed by atoms with van der Waals surface area (Å²) >= 11 is 0. The van der Waals surface area contributed by atoms with E-state index in [-0.39, 0.29) is 5.82 Å². The molecule has 1 aromatic rings. The van der Waals surface area contributed by atoms with Crippen LogP contribution in [0.25, 0.3) is 0 Å². The molecular weight excluding hydrogens is 210 g/mol. The fourth-order valence-electron chi connectivity index (χ4n) is 1.61. The van der Waals surface area contributed by atoms with Gasteiger partial charge in [-0.25, -0.2) is 0 Å². The lowest BCUT2D eigenvalue weighted by atomic mass is 10.4. The van der Waals surface area contributed by atoms with Crippen LogP contribution in [0.1, 0.15) is 12.8 Å². The molecule has 0 bridgehead atoms. The van der Waals surface area contributed by atoms with E-state index in [0.29, 0.717) is 18.3 Å². The highest BCUT2D eigenvalue weighted by atomic mass is 16.6. The highest BCUT2D eigenvalue weighted by Gasteiger charge is 2.25. The second-order valence-corrected chi connectivity index (χ2v) is 4.03. The first-order valence-electron chi connectivity index (χ1n) is 5.30. The van der Waals surface area contributed by atoms with E-state index in [1.165, 1.54) is 19.0 Å². The molecule has 0 aliphatic heterocycles. The van der Waals surface area contributed by atoms with Crippen LogP contribution in [0.5, 0.6) is 0 Å². The highest BCUT2D eigenvalue weighted by Crippen LogP contribution is 2.25. The maximum Gasteiger partial charge on any atom is 0.366 e. The molecule has 0 spiro atoms. The Morgan fingerprint density at radius 2 is 2.50 bits per heavy atom. The molecule has 7 nitrogen and oxygen atoms in total. The van der Waals surface area contributed by atoms with Crippen LogP contribution in [0.15, 0.2) is 6.20 Å².